The zero-order chi connectivity index (χ0) is 17.1. The fraction of sp³-hybridized carbons (Fsp3) is 0. The van der Waals surface area contributed by atoms with Gasteiger partial charge in [-0.05, 0) is 60.7 Å². The van der Waals surface area contributed by atoms with Crippen molar-refractivity contribution in [3.05, 3.63) is 90.1 Å². The molecular formula is C21H14ClNO2. The molecule has 0 amide bonds. The molecule has 0 radical (unpaired) electrons. The Morgan fingerprint density at radius 3 is 2.08 bits per heavy atom. The van der Waals surface area contributed by atoms with Crippen LogP contribution in [0.25, 0.3) is 22.8 Å². The maximum atomic E-state index is 5.91. The zero-order valence-electron chi connectivity index (χ0n) is 13.2. The maximum absolute atomic E-state index is 5.91. The van der Waals surface area contributed by atoms with E-state index in [0.717, 1.165) is 22.6 Å². The van der Waals surface area contributed by atoms with E-state index in [-0.39, 0.29) is 0 Å². The Morgan fingerprint density at radius 2 is 1.36 bits per heavy atom. The van der Waals surface area contributed by atoms with Gasteiger partial charge >= 0.3 is 0 Å². The summed E-state index contributed by atoms with van der Waals surface area (Å²) in [5, 5.41) is 0.685. The van der Waals surface area contributed by atoms with Crippen molar-refractivity contribution in [2.45, 2.75) is 0 Å². The van der Waals surface area contributed by atoms with Gasteiger partial charge in [-0.25, -0.2) is 4.98 Å². The van der Waals surface area contributed by atoms with Gasteiger partial charge in [0.05, 0.1) is 6.20 Å². The number of rotatable bonds is 4. The highest BCUT2D eigenvalue weighted by molar-refractivity contribution is 6.30. The summed E-state index contributed by atoms with van der Waals surface area (Å²) >= 11 is 5.91. The molecule has 0 fully saturated rings. The molecule has 122 valence electrons. The van der Waals surface area contributed by atoms with Gasteiger partial charge in [0.2, 0.25) is 5.89 Å². The first-order valence-corrected chi connectivity index (χ1v) is 8.21. The van der Waals surface area contributed by atoms with Gasteiger partial charge in [-0.1, -0.05) is 29.8 Å². The first kappa shape index (κ1) is 15.5. The Morgan fingerprint density at radius 1 is 0.720 bits per heavy atom. The van der Waals surface area contributed by atoms with Crippen LogP contribution in [0.5, 0.6) is 11.5 Å². The van der Waals surface area contributed by atoms with Crippen LogP contribution in [0.3, 0.4) is 0 Å². The highest BCUT2D eigenvalue weighted by atomic mass is 35.5. The minimum Gasteiger partial charge on any atom is -0.457 e. The van der Waals surface area contributed by atoms with Gasteiger partial charge in [-0.15, -0.1) is 0 Å². The molecule has 0 unspecified atom stereocenters. The SMILES string of the molecule is Clc1ccc(-c2ncc(-c3ccc(Oc4ccccc4)cc3)o2)cc1. The Kier molecular flexibility index (Phi) is 4.23. The second-order valence-electron chi connectivity index (χ2n) is 5.48. The average Bonchev–Trinajstić information content (AvgIpc) is 3.14. The highest BCUT2D eigenvalue weighted by Crippen LogP contribution is 2.29. The first-order valence-electron chi connectivity index (χ1n) is 7.83. The predicted molar refractivity (Wildman–Crippen MR) is 98.9 cm³/mol. The molecule has 0 spiro atoms. The van der Waals surface area contributed by atoms with Gasteiger partial charge in [-0.3, -0.25) is 0 Å². The summed E-state index contributed by atoms with van der Waals surface area (Å²) in [5.41, 5.74) is 1.83. The van der Waals surface area contributed by atoms with Crippen LogP contribution in [0.4, 0.5) is 0 Å². The Bertz CT molecular complexity index is 961. The molecule has 1 aromatic heterocycles. The van der Waals surface area contributed by atoms with E-state index in [0.29, 0.717) is 16.7 Å². The normalized spacial score (nSPS) is 10.6. The van der Waals surface area contributed by atoms with E-state index in [4.69, 9.17) is 20.8 Å². The standard InChI is InChI=1S/C21H14ClNO2/c22-17-10-6-16(7-11-17)21-23-14-20(25-21)15-8-12-19(13-9-15)24-18-4-2-1-3-5-18/h1-14H. The topological polar surface area (TPSA) is 35.3 Å². The predicted octanol–water partition coefficient (Wildman–Crippen LogP) is 6.45. The molecule has 4 heteroatoms. The molecular weight excluding hydrogens is 334 g/mol. The average molecular weight is 348 g/mol. The molecule has 4 aromatic rings. The molecule has 25 heavy (non-hydrogen) atoms. The fourth-order valence-corrected chi connectivity index (χ4v) is 2.57. The van der Waals surface area contributed by atoms with Gasteiger partial charge in [0.1, 0.15) is 11.5 Å². The van der Waals surface area contributed by atoms with Crippen LogP contribution in [0.1, 0.15) is 0 Å². The molecule has 0 N–H and O–H groups in total. The summed E-state index contributed by atoms with van der Waals surface area (Å²) in [7, 11) is 0. The third-order valence-electron chi connectivity index (χ3n) is 3.71. The molecule has 1 heterocycles. The highest BCUT2D eigenvalue weighted by Gasteiger charge is 2.09. The number of halogens is 1. The van der Waals surface area contributed by atoms with Crippen molar-refractivity contribution >= 4 is 11.6 Å². The van der Waals surface area contributed by atoms with Crippen molar-refractivity contribution in [2.24, 2.45) is 0 Å². The van der Waals surface area contributed by atoms with E-state index in [9.17, 15) is 0 Å². The minimum atomic E-state index is 0.566. The minimum absolute atomic E-state index is 0.566. The monoisotopic (exact) mass is 347 g/mol. The molecule has 0 aliphatic carbocycles. The van der Waals surface area contributed by atoms with Crippen molar-refractivity contribution in [3.8, 4) is 34.3 Å². The van der Waals surface area contributed by atoms with Crippen molar-refractivity contribution in [3.63, 3.8) is 0 Å². The molecule has 0 aliphatic rings. The van der Waals surface area contributed by atoms with E-state index in [2.05, 4.69) is 4.98 Å². The summed E-state index contributed by atoms with van der Waals surface area (Å²) in [6.07, 6.45) is 1.72. The number of hydrogen-bond donors (Lipinski definition) is 0. The molecule has 0 saturated carbocycles. The number of para-hydroxylation sites is 1. The van der Waals surface area contributed by atoms with Crippen LogP contribution in [0, 0.1) is 0 Å². The largest absolute Gasteiger partial charge is 0.457 e. The van der Waals surface area contributed by atoms with E-state index >= 15 is 0 Å². The Labute approximate surface area is 150 Å². The smallest absolute Gasteiger partial charge is 0.226 e. The van der Waals surface area contributed by atoms with Crippen LogP contribution >= 0.6 is 11.6 Å². The van der Waals surface area contributed by atoms with Crippen LogP contribution in [-0.4, -0.2) is 4.98 Å². The third kappa shape index (κ3) is 3.57. The van der Waals surface area contributed by atoms with Crippen LogP contribution < -0.4 is 4.74 Å². The Hall–Kier alpha value is -3.04. The summed E-state index contributed by atoms with van der Waals surface area (Å²) in [5.74, 6) is 2.85. The molecule has 4 rings (SSSR count). The lowest BCUT2D eigenvalue weighted by molar-refractivity contribution is 0.482. The maximum Gasteiger partial charge on any atom is 0.226 e. The molecule has 0 aliphatic heterocycles. The van der Waals surface area contributed by atoms with Gasteiger partial charge < -0.3 is 9.15 Å². The van der Waals surface area contributed by atoms with Gasteiger partial charge in [-0.2, -0.15) is 0 Å². The number of hydrogen-bond acceptors (Lipinski definition) is 3. The van der Waals surface area contributed by atoms with E-state index in [1.54, 1.807) is 6.20 Å². The van der Waals surface area contributed by atoms with E-state index in [1.807, 2.05) is 78.9 Å². The quantitative estimate of drug-likeness (QED) is 0.425. The second-order valence-corrected chi connectivity index (χ2v) is 5.91. The van der Waals surface area contributed by atoms with Crippen LogP contribution in [-0.2, 0) is 0 Å². The summed E-state index contributed by atoms with van der Waals surface area (Å²) in [4.78, 5) is 4.34. The molecule has 3 nitrogen and oxygen atoms in total. The fourth-order valence-electron chi connectivity index (χ4n) is 2.45. The van der Waals surface area contributed by atoms with E-state index in [1.165, 1.54) is 0 Å². The lowest BCUT2D eigenvalue weighted by atomic mass is 10.2. The second kappa shape index (κ2) is 6.83. The van der Waals surface area contributed by atoms with Crippen molar-refractivity contribution in [1.82, 2.24) is 4.98 Å². The van der Waals surface area contributed by atoms with Crippen molar-refractivity contribution in [1.29, 1.82) is 0 Å². The number of nitrogens with zero attached hydrogens (tertiary/aromatic N) is 1. The number of aromatic nitrogens is 1. The number of ether oxygens (including phenoxy) is 1. The number of oxazole rings is 1. The summed E-state index contributed by atoms with van der Waals surface area (Å²) < 4.78 is 11.7. The molecule has 3 aromatic carbocycles. The Balaban J connectivity index is 1.53. The lowest BCUT2D eigenvalue weighted by Crippen LogP contribution is -1.83. The van der Waals surface area contributed by atoms with E-state index < -0.39 is 0 Å². The molecule has 0 bridgehead atoms. The number of benzene rings is 3. The summed E-state index contributed by atoms with van der Waals surface area (Å²) in [6.45, 7) is 0. The molecule has 0 saturated heterocycles. The van der Waals surface area contributed by atoms with Gasteiger partial charge in [0.25, 0.3) is 0 Å². The zero-order valence-corrected chi connectivity index (χ0v) is 14.0. The van der Waals surface area contributed by atoms with Crippen LogP contribution in [0.2, 0.25) is 5.02 Å². The van der Waals surface area contributed by atoms with Gasteiger partial charge in [0.15, 0.2) is 5.76 Å². The third-order valence-corrected chi connectivity index (χ3v) is 3.97. The first-order chi connectivity index (χ1) is 12.3. The lowest BCUT2D eigenvalue weighted by Gasteiger charge is -2.05. The van der Waals surface area contributed by atoms with Crippen molar-refractivity contribution in [2.75, 3.05) is 0 Å². The van der Waals surface area contributed by atoms with Gasteiger partial charge in [0, 0.05) is 16.1 Å². The van der Waals surface area contributed by atoms with Crippen LogP contribution in [0.15, 0.2) is 89.5 Å². The summed E-state index contributed by atoms with van der Waals surface area (Å²) in [6, 6.07) is 24.8. The molecule has 0 atom stereocenters. The van der Waals surface area contributed by atoms with Crippen molar-refractivity contribution < 1.29 is 9.15 Å².